The summed E-state index contributed by atoms with van der Waals surface area (Å²) in [6.07, 6.45) is 1.51. The molecule has 0 aromatic heterocycles. The summed E-state index contributed by atoms with van der Waals surface area (Å²) in [6.45, 7) is 1.25. The minimum atomic E-state index is -0.417. The second-order valence-electron chi connectivity index (χ2n) is 3.77. The van der Waals surface area contributed by atoms with E-state index in [2.05, 4.69) is 0 Å². The summed E-state index contributed by atoms with van der Waals surface area (Å²) in [5, 5.41) is 0. The lowest BCUT2D eigenvalue weighted by Crippen LogP contribution is -2.23. The maximum atomic E-state index is 13.1. The van der Waals surface area contributed by atoms with E-state index in [-0.39, 0.29) is 11.6 Å². The highest BCUT2D eigenvalue weighted by Gasteiger charge is 2.20. The zero-order valence-electron chi connectivity index (χ0n) is 8.37. The molecule has 1 aromatic rings. The van der Waals surface area contributed by atoms with Gasteiger partial charge in [0, 0.05) is 19.5 Å². The number of hydrogen-bond acceptors (Lipinski definition) is 2. The minimum absolute atomic E-state index is 0.145. The molecule has 4 heteroatoms. The van der Waals surface area contributed by atoms with Crippen LogP contribution in [-0.4, -0.2) is 17.4 Å². The molecule has 2 N–H and O–H groups in total. The Bertz CT molecular complexity index is 392. The molecule has 0 bridgehead atoms. The van der Waals surface area contributed by atoms with Crippen LogP contribution >= 0.6 is 0 Å². The van der Waals surface area contributed by atoms with Gasteiger partial charge in [0.2, 0.25) is 5.91 Å². The number of amides is 1. The molecule has 0 spiro atoms. The maximum absolute atomic E-state index is 13.1. The first kappa shape index (κ1) is 9.96. The molecule has 1 heterocycles. The Balaban J connectivity index is 2.10. The first-order valence-electron chi connectivity index (χ1n) is 4.98. The second-order valence-corrected chi connectivity index (χ2v) is 3.77. The van der Waals surface area contributed by atoms with Crippen molar-refractivity contribution in [1.82, 2.24) is 4.90 Å². The SMILES string of the molecule is Nc1ccc(CN2CCCC2=O)cc1F. The molecule has 80 valence electrons. The van der Waals surface area contributed by atoms with E-state index in [1.165, 1.54) is 12.1 Å². The third-order valence-electron chi connectivity index (χ3n) is 2.61. The second kappa shape index (κ2) is 3.88. The van der Waals surface area contributed by atoms with E-state index in [9.17, 15) is 9.18 Å². The molecule has 0 saturated carbocycles. The lowest BCUT2D eigenvalue weighted by Gasteiger charge is -2.15. The summed E-state index contributed by atoms with van der Waals surface area (Å²) < 4.78 is 13.1. The number of hydrogen-bond donors (Lipinski definition) is 1. The van der Waals surface area contributed by atoms with Gasteiger partial charge in [-0.05, 0) is 24.1 Å². The van der Waals surface area contributed by atoms with Crippen molar-refractivity contribution in [2.75, 3.05) is 12.3 Å². The van der Waals surface area contributed by atoms with Crippen molar-refractivity contribution in [3.8, 4) is 0 Å². The molecule has 0 aliphatic carbocycles. The van der Waals surface area contributed by atoms with Gasteiger partial charge in [-0.15, -0.1) is 0 Å². The zero-order valence-corrected chi connectivity index (χ0v) is 8.37. The molecule has 15 heavy (non-hydrogen) atoms. The lowest BCUT2D eigenvalue weighted by molar-refractivity contribution is -0.128. The number of carbonyl (C=O) groups excluding carboxylic acids is 1. The van der Waals surface area contributed by atoms with Crippen LogP contribution in [0.15, 0.2) is 18.2 Å². The standard InChI is InChI=1S/C11H13FN2O/c12-9-6-8(3-4-10(9)13)7-14-5-1-2-11(14)15/h3-4,6H,1-2,5,7,13H2. The van der Waals surface area contributed by atoms with E-state index in [4.69, 9.17) is 5.73 Å². The highest BCUT2D eigenvalue weighted by Crippen LogP contribution is 2.17. The molecule has 3 nitrogen and oxygen atoms in total. The van der Waals surface area contributed by atoms with Crippen LogP contribution in [0.3, 0.4) is 0 Å². The van der Waals surface area contributed by atoms with Crippen molar-refractivity contribution >= 4 is 11.6 Å². The molecular weight excluding hydrogens is 195 g/mol. The average molecular weight is 208 g/mol. The van der Waals surface area contributed by atoms with Gasteiger partial charge in [0.05, 0.1) is 5.69 Å². The Morgan fingerprint density at radius 3 is 2.87 bits per heavy atom. The van der Waals surface area contributed by atoms with Crippen molar-refractivity contribution in [3.05, 3.63) is 29.6 Å². The van der Waals surface area contributed by atoms with Crippen molar-refractivity contribution in [2.45, 2.75) is 19.4 Å². The molecule has 1 amide bonds. The summed E-state index contributed by atoms with van der Waals surface area (Å²) in [4.78, 5) is 13.1. The molecule has 2 rings (SSSR count). The fourth-order valence-corrected chi connectivity index (χ4v) is 1.76. The maximum Gasteiger partial charge on any atom is 0.222 e. The highest BCUT2D eigenvalue weighted by atomic mass is 19.1. The quantitative estimate of drug-likeness (QED) is 0.749. The van der Waals surface area contributed by atoms with Crippen molar-refractivity contribution in [3.63, 3.8) is 0 Å². The summed E-state index contributed by atoms with van der Waals surface area (Å²) >= 11 is 0. The van der Waals surface area contributed by atoms with Crippen LogP contribution in [0.4, 0.5) is 10.1 Å². The summed E-state index contributed by atoms with van der Waals surface area (Å²) in [6, 6.07) is 4.68. The van der Waals surface area contributed by atoms with E-state index in [1.807, 2.05) is 0 Å². The van der Waals surface area contributed by atoms with Crippen molar-refractivity contribution in [1.29, 1.82) is 0 Å². The van der Waals surface area contributed by atoms with Crippen LogP contribution < -0.4 is 5.73 Å². The Morgan fingerprint density at radius 2 is 2.27 bits per heavy atom. The molecule has 1 aliphatic rings. The summed E-state index contributed by atoms with van der Waals surface area (Å²) in [7, 11) is 0. The Morgan fingerprint density at radius 1 is 1.47 bits per heavy atom. The van der Waals surface area contributed by atoms with Gasteiger partial charge in [0.25, 0.3) is 0 Å². The van der Waals surface area contributed by atoms with Gasteiger partial charge in [-0.2, -0.15) is 0 Å². The topological polar surface area (TPSA) is 46.3 Å². The first-order chi connectivity index (χ1) is 7.16. The third kappa shape index (κ3) is 2.09. The number of benzene rings is 1. The number of nitrogens with two attached hydrogens (primary N) is 1. The molecule has 0 radical (unpaired) electrons. The van der Waals surface area contributed by atoms with E-state index in [0.29, 0.717) is 13.0 Å². The third-order valence-corrected chi connectivity index (χ3v) is 2.61. The lowest BCUT2D eigenvalue weighted by atomic mass is 10.2. The van der Waals surface area contributed by atoms with E-state index in [1.54, 1.807) is 11.0 Å². The molecule has 0 atom stereocenters. The normalized spacial score (nSPS) is 16.1. The largest absolute Gasteiger partial charge is 0.396 e. The van der Waals surface area contributed by atoms with Crippen LogP contribution in [0.1, 0.15) is 18.4 Å². The molecule has 1 aromatic carbocycles. The Hall–Kier alpha value is -1.58. The molecule has 1 saturated heterocycles. The predicted molar refractivity (Wildman–Crippen MR) is 55.5 cm³/mol. The van der Waals surface area contributed by atoms with E-state index >= 15 is 0 Å². The molecule has 1 aliphatic heterocycles. The number of halogens is 1. The van der Waals surface area contributed by atoms with Crippen LogP contribution in [-0.2, 0) is 11.3 Å². The number of nitrogens with zero attached hydrogens (tertiary/aromatic N) is 1. The van der Waals surface area contributed by atoms with Gasteiger partial charge in [-0.25, -0.2) is 4.39 Å². The average Bonchev–Trinajstić information content (AvgIpc) is 2.59. The van der Waals surface area contributed by atoms with Gasteiger partial charge in [0.15, 0.2) is 0 Å². The number of likely N-dealkylation sites (tertiary alicyclic amines) is 1. The highest BCUT2D eigenvalue weighted by molar-refractivity contribution is 5.78. The number of anilines is 1. The Kier molecular flexibility index (Phi) is 2.58. The predicted octanol–water partition coefficient (Wildman–Crippen LogP) is 1.53. The van der Waals surface area contributed by atoms with Crippen LogP contribution in [0.2, 0.25) is 0 Å². The molecule has 0 unspecified atom stereocenters. The van der Waals surface area contributed by atoms with Gasteiger partial charge in [-0.3, -0.25) is 4.79 Å². The number of rotatable bonds is 2. The van der Waals surface area contributed by atoms with E-state index < -0.39 is 5.82 Å². The van der Waals surface area contributed by atoms with Crippen molar-refractivity contribution in [2.24, 2.45) is 0 Å². The van der Waals surface area contributed by atoms with Gasteiger partial charge in [-0.1, -0.05) is 6.07 Å². The van der Waals surface area contributed by atoms with E-state index in [0.717, 1.165) is 18.5 Å². The summed E-state index contributed by atoms with van der Waals surface area (Å²) in [5.74, 6) is -0.272. The number of nitrogen functional groups attached to an aromatic ring is 1. The van der Waals surface area contributed by atoms with Crippen molar-refractivity contribution < 1.29 is 9.18 Å². The van der Waals surface area contributed by atoms with Gasteiger partial charge < -0.3 is 10.6 Å². The summed E-state index contributed by atoms with van der Waals surface area (Å²) in [5.41, 5.74) is 6.30. The minimum Gasteiger partial charge on any atom is -0.396 e. The molecular formula is C11H13FN2O. The molecule has 1 fully saturated rings. The number of carbonyl (C=O) groups is 1. The van der Waals surface area contributed by atoms with Crippen LogP contribution in [0.5, 0.6) is 0 Å². The van der Waals surface area contributed by atoms with Gasteiger partial charge >= 0.3 is 0 Å². The fraction of sp³-hybridized carbons (Fsp3) is 0.364. The van der Waals surface area contributed by atoms with Gasteiger partial charge in [0.1, 0.15) is 5.82 Å². The Labute approximate surface area is 87.7 Å². The van der Waals surface area contributed by atoms with Crippen LogP contribution in [0.25, 0.3) is 0 Å². The first-order valence-corrected chi connectivity index (χ1v) is 4.98. The fourth-order valence-electron chi connectivity index (χ4n) is 1.76. The monoisotopic (exact) mass is 208 g/mol. The van der Waals surface area contributed by atoms with Crippen LogP contribution in [0, 0.1) is 5.82 Å². The zero-order chi connectivity index (χ0) is 10.8. The smallest absolute Gasteiger partial charge is 0.222 e.